The number of carbonyl (C=O) groups is 1. The van der Waals surface area contributed by atoms with E-state index < -0.39 is 11.7 Å². The highest BCUT2D eigenvalue weighted by atomic mass is 19.4. The van der Waals surface area contributed by atoms with Crippen molar-refractivity contribution in [2.75, 3.05) is 11.4 Å². The number of hydrogen-bond acceptors (Lipinski definition) is 3. The molecule has 120 valence electrons. The fourth-order valence-corrected chi connectivity index (χ4v) is 2.82. The second-order valence-electron chi connectivity index (χ2n) is 5.57. The summed E-state index contributed by atoms with van der Waals surface area (Å²) < 4.78 is 39.5. The molecular weight excluding hydrogens is 305 g/mol. The van der Waals surface area contributed by atoms with E-state index in [4.69, 9.17) is 0 Å². The smallest absolute Gasteiger partial charge is 0.352 e. The number of benzene rings is 1. The molecule has 6 heteroatoms. The molecule has 0 N–H and O–H groups in total. The van der Waals surface area contributed by atoms with Gasteiger partial charge in [-0.2, -0.15) is 13.2 Å². The van der Waals surface area contributed by atoms with Crippen LogP contribution >= 0.6 is 0 Å². The minimum absolute atomic E-state index is 0.0904. The van der Waals surface area contributed by atoms with Crippen LogP contribution in [0, 0.1) is 0 Å². The van der Waals surface area contributed by atoms with Gasteiger partial charge in [-0.25, -0.2) is 4.98 Å². The Balaban J connectivity index is 1.92. The van der Waals surface area contributed by atoms with E-state index in [0.29, 0.717) is 29.9 Å². The highest BCUT2D eigenvalue weighted by Gasteiger charge is 2.35. The number of pyridine rings is 1. The zero-order chi connectivity index (χ0) is 16.6. The van der Waals surface area contributed by atoms with Crippen LogP contribution in [0.25, 0.3) is 0 Å². The Morgan fingerprint density at radius 1 is 1.22 bits per heavy atom. The molecule has 3 nitrogen and oxygen atoms in total. The van der Waals surface area contributed by atoms with Crippen LogP contribution in [-0.2, 0) is 19.1 Å². The number of alkyl halides is 3. The van der Waals surface area contributed by atoms with E-state index in [1.807, 2.05) is 4.90 Å². The summed E-state index contributed by atoms with van der Waals surface area (Å²) >= 11 is 0. The van der Waals surface area contributed by atoms with Crippen molar-refractivity contribution in [3.8, 4) is 0 Å². The third-order valence-electron chi connectivity index (χ3n) is 4.06. The van der Waals surface area contributed by atoms with E-state index in [0.717, 1.165) is 11.6 Å². The first-order chi connectivity index (χ1) is 10.9. The summed E-state index contributed by atoms with van der Waals surface area (Å²) in [4.78, 5) is 17.3. The number of fused-ring (bicyclic) bond motifs is 1. The van der Waals surface area contributed by atoms with Crippen LogP contribution in [0.2, 0.25) is 0 Å². The summed E-state index contributed by atoms with van der Waals surface area (Å²) in [7, 11) is 0. The van der Waals surface area contributed by atoms with Crippen molar-refractivity contribution in [3.05, 3.63) is 58.8 Å². The summed E-state index contributed by atoms with van der Waals surface area (Å²) in [5.74, 6) is 0.491. The Labute approximate surface area is 131 Å². The van der Waals surface area contributed by atoms with E-state index in [2.05, 4.69) is 4.98 Å². The SMILES string of the molecule is CC(=O)c1ccc(N2CCc3cccc(C(F)(F)F)c3C2)nc1. The number of carbonyl (C=O) groups excluding carboxylic acids is 1. The maximum absolute atomic E-state index is 13.2. The molecule has 0 saturated heterocycles. The third kappa shape index (κ3) is 3.06. The van der Waals surface area contributed by atoms with Gasteiger partial charge >= 0.3 is 6.18 Å². The number of ketones is 1. The number of anilines is 1. The van der Waals surface area contributed by atoms with Crippen LogP contribution in [0.3, 0.4) is 0 Å². The maximum atomic E-state index is 13.2. The Morgan fingerprint density at radius 3 is 2.61 bits per heavy atom. The molecule has 0 bridgehead atoms. The Kier molecular flexibility index (Phi) is 3.83. The molecule has 2 heterocycles. The lowest BCUT2D eigenvalue weighted by molar-refractivity contribution is -0.138. The lowest BCUT2D eigenvalue weighted by Gasteiger charge is -2.31. The quantitative estimate of drug-likeness (QED) is 0.788. The van der Waals surface area contributed by atoms with Crippen molar-refractivity contribution in [2.24, 2.45) is 0 Å². The van der Waals surface area contributed by atoms with Crippen molar-refractivity contribution < 1.29 is 18.0 Å². The predicted molar refractivity (Wildman–Crippen MR) is 80.4 cm³/mol. The van der Waals surface area contributed by atoms with Gasteiger partial charge in [-0.05, 0) is 42.7 Å². The van der Waals surface area contributed by atoms with Gasteiger partial charge in [-0.3, -0.25) is 4.79 Å². The predicted octanol–water partition coefficient (Wildman–Crippen LogP) is 3.87. The number of Topliss-reactive ketones (excluding diaryl/α,β-unsaturated/α-hetero) is 1. The fourth-order valence-electron chi connectivity index (χ4n) is 2.82. The molecule has 2 aromatic rings. The number of nitrogens with zero attached hydrogens (tertiary/aromatic N) is 2. The van der Waals surface area contributed by atoms with Gasteiger partial charge < -0.3 is 4.90 Å². The van der Waals surface area contributed by atoms with Gasteiger partial charge in [0.05, 0.1) is 5.56 Å². The van der Waals surface area contributed by atoms with Gasteiger partial charge in [-0.15, -0.1) is 0 Å². The Hall–Kier alpha value is -2.37. The van der Waals surface area contributed by atoms with E-state index in [9.17, 15) is 18.0 Å². The van der Waals surface area contributed by atoms with Crippen LogP contribution < -0.4 is 4.90 Å². The van der Waals surface area contributed by atoms with Crippen LogP contribution in [0.15, 0.2) is 36.5 Å². The van der Waals surface area contributed by atoms with Crippen LogP contribution in [0.1, 0.15) is 34.0 Å². The minimum Gasteiger partial charge on any atom is -0.352 e. The molecule has 0 atom stereocenters. The zero-order valence-electron chi connectivity index (χ0n) is 12.5. The van der Waals surface area contributed by atoms with Gasteiger partial charge in [0.15, 0.2) is 5.78 Å². The molecule has 1 aliphatic heterocycles. The van der Waals surface area contributed by atoms with E-state index in [-0.39, 0.29) is 12.3 Å². The van der Waals surface area contributed by atoms with Crippen molar-refractivity contribution in [2.45, 2.75) is 26.1 Å². The first kappa shape index (κ1) is 15.5. The highest BCUT2D eigenvalue weighted by Crippen LogP contribution is 2.36. The molecule has 1 aromatic carbocycles. The first-order valence-electron chi connectivity index (χ1n) is 7.26. The second kappa shape index (κ2) is 5.68. The lowest BCUT2D eigenvalue weighted by Crippen LogP contribution is -2.32. The van der Waals surface area contributed by atoms with Gasteiger partial charge in [0.1, 0.15) is 5.82 Å². The second-order valence-corrected chi connectivity index (χ2v) is 5.57. The third-order valence-corrected chi connectivity index (χ3v) is 4.06. The molecule has 1 aromatic heterocycles. The summed E-state index contributed by atoms with van der Waals surface area (Å²) in [6, 6.07) is 7.65. The van der Waals surface area contributed by atoms with Crippen LogP contribution in [0.5, 0.6) is 0 Å². The largest absolute Gasteiger partial charge is 0.416 e. The van der Waals surface area contributed by atoms with Crippen molar-refractivity contribution in [3.63, 3.8) is 0 Å². The molecule has 0 fully saturated rings. The monoisotopic (exact) mass is 320 g/mol. The standard InChI is InChI=1S/C17H15F3N2O/c1-11(23)13-5-6-16(21-9-13)22-8-7-12-3-2-4-15(14(12)10-22)17(18,19)20/h2-6,9H,7-8,10H2,1H3. The van der Waals surface area contributed by atoms with E-state index in [1.165, 1.54) is 19.2 Å². The fraction of sp³-hybridized carbons (Fsp3) is 0.294. The van der Waals surface area contributed by atoms with E-state index >= 15 is 0 Å². The summed E-state index contributed by atoms with van der Waals surface area (Å²) in [5.41, 5.74) is 0.947. The molecule has 0 aliphatic carbocycles. The van der Waals surface area contributed by atoms with Crippen LogP contribution in [0.4, 0.5) is 19.0 Å². The number of rotatable bonds is 2. The van der Waals surface area contributed by atoms with Crippen molar-refractivity contribution >= 4 is 11.6 Å². The summed E-state index contributed by atoms with van der Waals surface area (Å²) in [5, 5.41) is 0. The van der Waals surface area contributed by atoms with Crippen molar-refractivity contribution in [1.29, 1.82) is 0 Å². The maximum Gasteiger partial charge on any atom is 0.416 e. The Morgan fingerprint density at radius 2 is 2.00 bits per heavy atom. The minimum atomic E-state index is -4.36. The normalized spacial score (nSPS) is 14.5. The topological polar surface area (TPSA) is 33.2 Å². The molecule has 0 radical (unpaired) electrons. The average Bonchev–Trinajstić information content (AvgIpc) is 2.53. The first-order valence-corrected chi connectivity index (χ1v) is 7.26. The molecule has 1 aliphatic rings. The Bertz CT molecular complexity index is 738. The van der Waals surface area contributed by atoms with Gasteiger partial charge in [0.25, 0.3) is 0 Å². The van der Waals surface area contributed by atoms with Crippen LogP contribution in [-0.4, -0.2) is 17.3 Å². The summed E-state index contributed by atoms with van der Waals surface area (Å²) in [6.45, 7) is 2.21. The summed E-state index contributed by atoms with van der Waals surface area (Å²) in [6.07, 6.45) is -2.36. The molecule has 0 amide bonds. The number of aromatic nitrogens is 1. The average molecular weight is 320 g/mol. The number of halogens is 3. The number of hydrogen-bond donors (Lipinski definition) is 0. The van der Waals surface area contributed by atoms with Gasteiger partial charge in [0, 0.05) is 24.8 Å². The highest BCUT2D eigenvalue weighted by molar-refractivity contribution is 5.93. The zero-order valence-corrected chi connectivity index (χ0v) is 12.5. The molecule has 3 rings (SSSR count). The molecular formula is C17H15F3N2O. The van der Waals surface area contributed by atoms with Gasteiger partial charge in [0.2, 0.25) is 0 Å². The molecule has 0 saturated carbocycles. The molecule has 0 spiro atoms. The van der Waals surface area contributed by atoms with Gasteiger partial charge in [-0.1, -0.05) is 12.1 Å². The van der Waals surface area contributed by atoms with E-state index in [1.54, 1.807) is 18.2 Å². The molecule has 0 unspecified atom stereocenters. The molecule has 23 heavy (non-hydrogen) atoms. The van der Waals surface area contributed by atoms with Crippen molar-refractivity contribution in [1.82, 2.24) is 4.98 Å². The lowest BCUT2D eigenvalue weighted by atomic mass is 9.94.